The van der Waals surface area contributed by atoms with E-state index in [0.29, 0.717) is 17.2 Å². The van der Waals surface area contributed by atoms with E-state index >= 15 is 4.39 Å². The smallest absolute Gasteiger partial charge is 0.184 e. The van der Waals surface area contributed by atoms with Gasteiger partial charge in [0.2, 0.25) is 0 Å². The van der Waals surface area contributed by atoms with Gasteiger partial charge in [-0.1, -0.05) is 23.7 Å². The number of benzene rings is 2. The SMILES string of the molecule is CN1CCN(c2cc(N3CCC(c4cccc(Cl)c4)CC3)c(F)cc2C=NNC(N)=S)CC1. The number of hydrogen-bond acceptors (Lipinski definition) is 5. The highest BCUT2D eigenvalue weighted by atomic mass is 35.5. The van der Waals surface area contributed by atoms with Crippen LogP contribution in [-0.4, -0.2) is 62.5 Å². The van der Waals surface area contributed by atoms with E-state index in [1.165, 1.54) is 5.56 Å². The molecular formula is C24H30ClFN6S. The summed E-state index contributed by atoms with van der Waals surface area (Å²) in [6, 6.07) is 11.6. The van der Waals surface area contributed by atoms with Crippen LogP contribution in [0.25, 0.3) is 0 Å². The summed E-state index contributed by atoms with van der Waals surface area (Å²) in [4.78, 5) is 6.75. The van der Waals surface area contributed by atoms with Crippen LogP contribution in [0.2, 0.25) is 5.02 Å². The van der Waals surface area contributed by atoms with Crippen LogP contribution in [0.5, 0.6) is 0 Å². The Morgan fingerprint density at radius 2 is 1.79 bits per heavy atom. The second kappa shape index (κ2) is 10.7. The van der Waals surface area contributed by atoms with E-state index in [9.17, 15) is 0 Å². The Morgan fingerprint density at radius 1 is 1.09 bits per heavy atom. The molecular weight excluding hydrogens is 459 g/mol. The number of likely N-dealkylation sites (N-methyl/N-ethyl adjacent to an activating group) is 1. The zero-order chi connectivity index (χ0) is 23.4. The molecule has 2 heterocycles. The molecule has 0 spiro atoms. The van der Waals surface area contributed by atoms with Crippen LogP contribution in [0, 0.1) is 5.82 Å². The second-order valence-electron chi connectivity index (χ2n) is 8.70. The summed E-state index contributed by atoms with van der Waals surface area (Å²) in [7, 11) is 2.12. The van der Waals surface area contributed by atoms with Crippen LogP contribution in [0.4, 0.5) is 15.8 Å². The fraction of sp³-hybridized carbons (Fsp3) is 0.417. The first kappa shape index (κ1) is 23.7. The number of hydrazone groups is 1. The molecule has 6 nitrogen and oxygen atoms in total. The Labute approximate surface area is 205 Å². The molecule has 176 valence electrons. The predicted octanol–water partition coefficient (Wildman–Crippen LogP) is 3.78. The minimum atomic E-state index is -0.245. The molecule has 0 bridgehead atoms. The molecule has 0 saturated carbocycles. The fourth-order valence-corrected chi connectivity index (χ4v) is 4.86. The molecule has 3 N–H and O–H groups in total. The number of anilines is 2. The number of nitrogens with two attached hydrogens (primary N) is 1. The van der Waals surface area contributed by atoms with Crippen LogP contribution in [0.1, 0.15) is 29.9 Å². The molecule has 0 unspecified atom stereocenters. The van der Waals surface area contributed by atoms with E-state index in [0.717, 1.165) is 62.8 Å². The first-order valence-corrected chi connectivity index (χ1v) is 12.1. The largest absolute Gasteiger partial charge is 0.375 e. The average Bonchev–Trinajstić information content (AvgIpc) is 2.80. The molecule has 2 aromatic carbocycles. The van der Waals surface area contributed by atoms with E-state index in [1.807, 2.05) is 24.3 Å². The molecule has 0 amide bonds. The highest BCUT2D eigenvalue weighted by molar-refractivity contribution is 7.80. The van der Waals surface area contributed by atoms with Gasteiger partial charge in [0.25, 0.3) is 0 Å². The molecule has 2 aliphatic rings. The molecule has 2 aromatic rings. The van der Waals surface area contributed by atoms with Gasteiger partial charge in [-0.25, -0.2) is 4.39 Å². The molecule has 2 fully saturated rings. The van der Waals surface area contributed by atoms with Gasteiger partial charge < -0.3 is 20.4 Å². The molecule has 9 heteroatoms. The van der Waals surface area contributed by atoms with Crippen molar-refractivity contribution in [1.82, 2.24) is 10.3 Å². The predicted molar refractivity (Wildman–Crippen MR) is 139 cm³/mol. The minimum absolute atomic E-state index is 0.0760. The lowest BCUT2D eigenvalue weighted by Gasteiger charge is -2.37. The molecule has 0 atom stereocenters. The summed E-state index contributed by atoms with van der Waals surface area (Å²) >= 11 is 11.0. The van der Waals surface area contributed by atoms with Crippen molar-refractivity contribution in [3.8, 4) is 0 Å². The third-order valence-corrected chi connectivity index (χ3v) is 6.80. The number of nitrogens with one attached hydrogen (secondary N) is 1. The number of thiocarbonyl (C=S) groups is 1. The first-order chi connectivity index (χ1) is 15.9. The summed E-state index contributed by atoms with van der Waals surface area (Å²) in [5.74, 6) is 0.198. The Kier molecular flexibility index (Phi) is 7.67. The van der Waals surface area contributed by atoms with Crippen molar-refractivity contribution < 1.29 is 4.39 Å². The Balaban J connectivity index is 1.56. The molecule has 0 radical (unpaired) electrons. The van der Waals surface area contributed by atoms with Crippen LogP contribution in [0.15, 0.2) is 41.5 Å². The number of halogens is 2. The Morgan fingerprint density at radius 3 is 2.45 bits per heavy atom. The quantitative estimate of drug-likeness (QED) is 0.379. The van der Waals surface area contributed by atoms with Gasteiger partial charge in [0.15, 0.2) is 5.11 Å². The Bertz CT molecular complexity index is 1020. The monoisotopic (exact) mass is 488 g/mol. The van der Waals surface area contributed by atoms with E-state index in [-0.39, 0.29) is 10.9 Å². The fourth-order valence-electron chi connectivity index (χ4n) is 4.61. The molecule has 2 saturated heterocycles. The highest BCUT2D eigenvalue weighted by Gasteiger charge is 2.25. The highest BCUT2D eigenvalue weighted by Crippen LogP contribution is 2.35. The lowest BCUT2D eigenvalue weighted by Crippen LogP contribution is -2.45. The van der Waals surface area contributed by atoms with Crippen LogP contribution >= 0.6 is 23.8 Å². The van der Waals surface area contributed by atoms with Crippen LogP contribution in [-0.2, 0) is 0 Å². The van der Waals surface area contributed by atoms with Crippen molar-refractivity contribution in [1.29, 1.82) is 0 Å². The van der Waals surface area contributed by atoms with E-state index in [2.05, 4.69) is 38.3 Å². The molecule has 2 aliphatic heterocycles. The van der Waals surface area contributed by atoms with E-state index < -0.39 is 0 Å². The van der Waals surface area contributed by atoms with E-state index in [4.69, 9.17) is 29.6 Å². The van der Waals surface area contributed by atoms with Crippen LogP contribution < -0.4 is 21.0 Å². The number of hydrogen-bond donors (Lipinski definition) is 2. The average molecular weight is 489 g/mol. The summed E-state index contributed by atoms with van der Waals surface area (Å²) in [6.45, 7) is 5.27. The maximum absolute atomic E-state index is 15.3. The summed E-state index contributed by atoms with van der Waals surface area (Å²) in [5.41, 5.74) is 11.6. The third kappa shape index (κ3) is 5.93. The Hall–Kier alpha value is -2.42. The van der Waals surface area contributed by atoms with Gasteiger partial charge in [-0.2, -0.15) is 5.10 Å². The maximum Gasteiger partial charge on any atom is 0.184 e. The normalized spacial score (nSPS) is 18.2. The zero-order valence-corrected chi connectivity index (χ0v) is 20.4. The standard InChI is InChI=1S/C24H30ClFN6S/c1-30-9-11-32(12-10-30)22-15-23(21(26)14-19(22)16-28-29-24(27)33)31-7-5-17(6-8-31)18-3-2-4-20(25)13-18/h2-4,13-17H,5-12H2,1H3,(H3,27,29,33). The number of rotatable bonds is 5. The van der Waals surface area contributed by atoms with Gasteiger partial charge in [0.05, 0.1) is 11.9 Å². The van der Waals surface area contributed by atoms with Gasteiger partial charge in [0.1, 0.15) is 5.82 Å². The van der Waals surface area contributed by atoms with Crippen molar-refractivity contribution in [2.45, 2.75) is 18.8 Å². The molecule has 0 aliphatic carbocycles. The molecule has 4 rings (SSSR count). The minimum Gasteiger partial charge on any atom is -0.375 e. The van der Waals surface area contributed by atoms with Gasteiger partial charge in [-0.05, 0) is 67.9 Å². The first-order valence-electron chi connectivity index (χ1n) is 11.3. The number of piperidine rings is 1. The van der Waals surface area contributed by atoms with Crippen LogP contribution in [0.3, 0.4) is 0 Å². The third-order valence-electron chi connectivity index (χ3n) is 6.47. The van der Waals surface area contributed by atoms with Gasteiger partial charge >= 0.3 is 0 Å². The van der Waals surface area contributed by atoms with Crippen molar-refractivity contribution in [2.75, 3.05) is 56.1 Å². The summed E-state index contributed by atoms with van der Waals surface area (Å²) < 4.78 is 15.3. The van der Waals surface area contributed by atoms with Crippen molar-refractivity contribution in [2.24, 2.45) is 10.8 Å². The summed E-state index contributed by atoms with van der Waals surface area (Å²) in [5, 5.41) is 4.92. The van der Waals surface area contributed by atoms with Crippen molar-refractivity contribution in [3.63, 3.8) is 0 Å². The van der Waals surface area contributed by atoms with Gasteiger partial charge in [-0.3, -0.25) is 5.43 Å². The maximum atomic E-state index is 15.3. The van der Waals surface area contributed by atoms with E-state index in [1.54, 1.807) is 12.3 Å². The number of piperazine rings is 1. The summed E-state index contributed by atoms with van der Waals surface area (Å²) in [6.07, 6.45) is 3.51. The van der Waals surface area contributed by atoms with Gasteiger partial charge in [0, 0.05) is 55.5 Å². The van der Waals surface area contributed by atoms with Gasteiger partial charge in [-0.15, -0.1) is 0 Å². The molecule has 33 heavy (non-hydrogen) atoms. The zero-order valence-electron chi connectivity index (χ0n) is 18.8. The van der Waals surface area contributed by atoms with Crippen molar-refractivity contribution >= 4 is 46.5 Å². The lowest BCUT2D eigenvalue weighted by molar-refractivity contribution is 0.313. The van der Waals surface area contributed by atoms with Crippen molar-refractivity contribution in [3.05, 3.63) is 58.4 Å². The lowest BCUT2D eigenvalue weighted by atomic mass is 9.89. The second-order valence-corrected chi connectivity index (χ2v) is 9.58. The topological polar surface area (TPSA) is 60.1 Å². The molecule has 0 aromatic heterocycles. The number of nitrogens with zero attached hydrogens (tertiary/aromatic N) is 4.